The first-order valence-corrected chi connectivity index (χ1v) is 5.94. The van der Waals surface area contributed by atoms with Gasteiger partial charge in [-0.15, -0.1) is 0 Å². The van der Waals surface area contributed by atoms with Crippen molar-refractivity contribution in [1.29, 1.82) is 0 Å². The summed E-state index contributed by atoms with van der Waals surface area (Å²) < 4.78 is 26.3. The fourth-order valence-corrected chi connectivity index (χ4v) is 1.85. The molecule has 0 aliphatic rings. The van der Waals surface area contributed by atoms with Crippen LogP contribution in [0.5, 0.6) is 0 Å². The third-order valence-electron chi connectivity index (χ3n) is 2.34. The Labute approximate surface area is 113 Å². The van der Waals surface area contributed by atoms with Crippen molar-refractivity contribution < 1.29 is 8.78 Å². The van der Waals surface area contributed by atoms with Gasteiger partial charge in [-0.25, -0.2) is 8.78 Å². The average molecular weight is 288 g/mol. The zero-order chi connectivity index (χ0) is 13.1. The van der Waals surface area contributed by atoms with Gasteiger partial charge in [-0.05, 0) is 35.9 Å². The molecule has 5 heteroatoms. The molecule has 0 fully saturated rings. The molecule has 0 atom stereocenters. The molecular weight excluding hydrogens is 279 g/mol. The van der Waals surface area contributed by atoms with Crippen LogP contribution in [0.4, 0.5) is 14.5 Å². The first-order valence-electron chi connectivity index (χ1n) is 5.18. The number of rotatable bonds is 3. The van der Waals surface area contributed by atoms with Gasteiger partial charge in [0, 0.05) is 17.3 Å². The van der Waals surface area contributed by atoms with Crippen molar-refractivity contribution in [3.8, 4) is 0 Å². The van der Waals surface area contributed by atoms with Crippen LogP contribution in [0, 0.1) is 11.6 Å². The van der Waals surface area contributed by atoms with Crippen LogP contribution in [0.1, 0.15) is 5.56 Å². The summed E-state index contributed by atoms with van der Waals surface area (Å²) in [5, 5.41) is 3.34. The summed E-state index contributed by atoms with van der Waals surface area (Å²) in [6.45, 7) is 0.355. The minimum atomic E-state index is -0.478. The van der Waals surface area contributed by atoms with Gasteiger partial charge in [-0.1, -0.05) is 29.3 Å². The summed E-state index contributed by atoms with van der Waals surface area (Å²) >= 11 is 11.3. The highest BCUT2D eigenvalue weighted by molar-refractivity contribution is 6.31. The third-order valence-corrected chi connectivity index (χ3v) is 2.87. The fraction of sp³-hybridized carbons (Fsp3) is 0.0769. The van der Waals surface area contributed by atoms with Gasteiger partial charge in [-0.3, -0.25) is 0 Å². The van der Waals surface area contributed by atoms with Crippen molar-refractivity contribution in [1.82, 2.24) is 0 Å². The second kappa shape index (κ2) is 5.55. The molecule has 1 nitrogen and oxygen atoms in total. The lowest BCUT2D eigenvalue weighted by Crippen LogP contribution is -2.00. The number of halogens is 4. The maximum absolute atomic E-state index is 13.2. The third kappa shape index (κ3) is 3.34. The largest absolute Gasteiger partial charge is 0.381 e. The molecule has 2 aromatic carbocycles. The summed E-state index contributed by atoms with van der Waals surface area (Å²) in [6.07, 6.45) is 0. The van der Waals surface area contributed by atoms with Gasteiger partial charge in [0.05, 0.1) is 5.02 Å². The van der Waals surface area contributed by atoms with Crippen LogP contribution in [0.25, 0.3) is 0 Å². The van der Waals surface area contributed by atoms with Crippen LogP contribution < -0.4 is 5.32 Å². The van der Waals surface area contributed by atoms with Crippen LogP contribution in [0.2, 0.25) is 10.0 Å². The molecular formula is C13H9Cl2F2N. The van der Waals surface area contributed by atoms with Gasteiger partial charge in [0.15, 0.2) is 0 Å². The number of anilines is 1. The van der Waals surface area contributed by atoms with E-state index in [0.717, 1.165) is 0 Å². The number of hydrogen-bond acceptors (Lipinski definition) is 1. The first-order chi connectivity index (χ1) is 8.54. The molecule has 0 amide bonds. The van der Waals surface area contributed by atoms with E-state index >= 15 is 0 Å². The Hall–Kier alpha value is -1.32. The van der Waals surface area contributed by atoms with Crippen molar-refractivity contribution in [2.45, 2.75) is 6.54 Å². The maximum Gasteiger partial charge on any atom is 0.142 e. The van der Waals surface area contributed by atoms with Crippen LogP contribution in [-0.4, -0.2) is 0 Å². The Morgan fingerprint density at radius 3 is 2.44 bits per heavy atom. The number of benzene rings is 2. The summed E-state index contributed by atoms with van der Waals surface area (Å²) in [6, 6.07) is 8.63. The molecule has 1 N–H and O–H groups in total. The molecule has 0 saturated carbocycles. The van der Waals surface area contributed by atoms with Gasteiger partial charge in [0.1, 0.15) is 11.6 Å². The quantitative estimate of drug-likeness (QED) is 0.848. The van der Waals surface area contributed by atoms with E-state index < -0.39 is 11.6 Å². The molecule has 2 rings (SSSR count). The lowest BCUT2D eigenvalue weighted by Gasteiger charge is -2.07. The Morgan fingerprint density at radius 1 is 1.00 bits per heavy atom. The number of hydrogen-bond donors (Lipinski definition) is 1. The van der Waals surface area contributed by atoms with Crippen LogP contribution in [0.3, 0.4) is 0 Å². The molecule has 0 saturated heterocycles. The second-order valence-electron chi connectivity index (χ2n) is 3.76. The minimum absolute atomic E-state index is 0.0764. The van der Waals surface area contributed by atoms with Crippen molar-refractivity contribution >= 4 is 28.9 Å². The Kier molecular flexibility index (Phi) is 4.04. The molecule has 2 aromatic rings. The smallest absolute Gasteiger partial charge is 0.142 e. The van der Waals surface area contributed by atoms with E-state index in [1.54, 1.807) is 12.1 Å². The molecule has 0 aliphatic carbocycles. The van der Waals surface area contributed by atoms with Gasteiger partial charge in [0.2, 0.25) is 0 Å². The van der Waals surface area contributed by atoms with Gasteiger partial charge in [-0.2, -0.15) is 0 Å². The molecule has 0 heterocycles. The average Bonchev–Trinajstić information content (AvgIpc) is 2.29. The monoisotopic (exact) mass is 287 g/mol. The topological polar surface area (TPSA) is 12.0 Å². The van der Waals surface area contributed by atoms with Crippen LogP contribution in [-0.2, 0) is 6.54 Å². The summed E-state index contributed by atoms with van der Waals surface area (Å²) in [5.41, 5.74) is 1.24. The Balaban J connectivity index is 2.08. The molecule has 0 aliphatic heterocycles. The molecule has 94 valence electrons. The fourth-order valence-electron chi connectivity index (χ4n) is 1.51. The molecule has 18 heavy (non-hydrogen) atoms. The van der Waals surface area contributed by atoms with Gasteiger partial charge < -0.3 is 5.32 Å². The van der Waals surface area contributed by atoms with Crippen LogP contribution >= 0.6 is 23.2 Å². The van der Waals surface area contributed by atoms with Crippen LogP contribution in [0.15, 0.2) is 36.4 Å². The number of nitrogens with one attached hydrogen (secondary N) is 1. The molecule has 0 spiro atoms. The van der Waals surface area contributed by atoms with E-state index in [4.69, 9.17) is 23.2 Å². The highest BCUT2D eigenvalue weighted by Crippen LogP contribution is 2.20. The van der Waals surface area contributed by atoms with Gasteiger partial charge >= 0.3 is 0 Å². The van der Waals surface area contributed by atoms with E-state index in [1.165, 1.54) is 24.3 Å². The Bertz CT molecular complexity index is 553. The van der Waals surface area contributed by atoms with E-state index in [1.807, 2.05) is 0 Å². The van der Waals surface area contributed by atoms with Gasteiger partial charge in [0.25, 0.3) is 0 Å². The molecule has 0 unspecified atom stereocenters. The predicted octanol–water partition coefficient (Wildman–Crippen LogP) is 4.88. The van der Waals surface area contributed by atoms with E-state index in [2.05, 4.69) is 5.32 Å². The summed E-state index contributed by atoms with van der Waals surface area (Å²) in [5.74, 6) is -0.902. The standard InChI is InChI=1S/C13H9Cl2F2N/c14-9-4-10(16)6-11(5-9)18-7-8-1-2-12(15)13(17)3-8/h1-6,18H,7H2. The molecule has 0 radical (unpaired) electrons. The summed E-state index contributed by atoms with van der Waals surface area (Å²) in [4.78, 5) is 0. The van der Waals surface area contributed by atoms with Crippen molar-refractivity contribution in [2.75, 3.05) is 5.32 Å². The van der Waals surface area contributed by atoms with Crippen molar-refractivity contribution in [3.05, 3.63) is 63.6 Å². The highest BCUT2D eigenvalue weighted by atomic mass is 35.5. The molecule has 0 bridgehead atoms. The van der Waals surface area contributed by atoms with E-state index in [0.29, 0.717) is 22.8 Å². The zero-order valence-corrected chi connectivity index (χ0v) is 10.7. The van der Waals surface area contributed by atoms with Crippen molar-refractivity contribution in [3.63, 3.8) is 0 Å². The van der Waals surface area contributed by atoms with E-state index in [-0.39, 0.29) is 5.02 Å². The maximum atomic E-state index is 13.2. The SMILES string of the molecule is Fc1cc(Cl)cc(NCc2ccc(Cl)c(F)c2)c1. The normalized spacial score (nSPS) is 10.4. The van der Waals surface area contributed by atoms with E-state index in [9.17, 15) is 8.78 Å². The van der Waals surface area contributed by atoms with Crippen molar-refractivity contribution in [2.24, 2.45) is 0 Å². The predicted molar refractivity (Wildman–Crippen MR) is 70.1 cm³/mol. The lowest BCUT2D eigenvalue weighted by molar-refractivity contribution is 0.625. The zero-order valence-electron chi connectivity index (χ0n) is 9.18. The highest BCUT2D eigenvalue weighted by Gasteiger charge is 2.02. The summed E-state index contributed by atoms with van der Waals surface area (Å²) in [7, 11) is 0. The first kappa shape index (κ1) is 13.1. The second-order valence-corrected chi connectivity index (χ2v) is 4.60. The minimum Gasteiger partial charge on any atom is -0.381 e. The Morgan fingerprint density at radius 2 is 1.78 bits per heavy atom. The molecule has 0 aromatic heterocycles. The lowest BCUT2D eigenvalue weighted by atomic mass is 10.2.